The van der Waals surface area contributed by atoms with E-state index in [1.165, 1.54) is 6.26 Å². The van der Waals surface area contributed by atoms with Crippen molar-refractivity contribution in [1.82, 2.24) is 9.80 Å². The molecule has 148 valence electrons. The molecule has 6 heteroatoms. The van der Waals surface area contributed by atoms with Crippen LogP contribution in [0.5, 0.6) is 5.75 Å². The van der Waals surface area contributed by atoms with Crippen molar-refractivity contribution in [3.63, 3.8) is 0 Å². The molecular weight excluding hydrogens is 356 g/mol. The highest BCUT2D eigenvalue weighted by Gasteiger charge is 2.25. The minimum atomic E-state index is -0.0392. The normalized spacial score (nSPS) is 17.7. The molecule has 0 bridgehead atoms. The predicted molar refractivity (Wildman–Crippen MR) is 104 cm³/mol. The number of hydrogen-bond acceptors (Lipinski definition) is 4. The molecule has 0 atom stereocenters. The third-order valence-corrected chi connectivity index (χ3v) is 5.61. The van der Waals surface area contributed by atoms with Gasteiger partial charge in [-0.2, -0.15) is 0 Å². The number of benzene rings is 1. The molecule has 28 heavy (non-hydrogen) atoms. The second-order valence-electron chi connectivity index (χ2n) is 7.55. The number of furan rings is 1. The van der Waals surface area contributed by atoms with Crippen LogP contribution in [0.1, 0.15) is 46.6 Å². The Kier molecular flexibility index (Phi) is 5.65. The maximum atomic E-state index is 12.4. The SMILES string of the molecule is O=C(c1ccc(OCC2CCN(C(=O)c3ccco3)CC2)cc1)N1CCCC1. The van der Waals surface area contributed by atoms with Gasteiger partial charge in [0.15, 0.2) is 5.76 Å². The van der Waals surface area contributed by atoms with E-state index >= 15 is 0 Å². The topological polar surface area (TPSA) is 63.0 Å². The molecule has 1 aromatic heterocycles. The number of hydrogen-bond donors (Lipinski definition) is 0. The molecule has 2 amide bonds. The molecule has 0 aliphatic carbocycles. The second-order valence-corrected chi connectivity index (χ2v) is 7.55. The van der Waals surface area contributed by atoms with Gasteiger partial charge in [-0.05, 0) is 68.0 Å². The van der Waals surface area contributed by atoms with E-state index in [1.807, 2.05) is 34.1 Å². The van der Waals surface area contributed by atoms with Gasteiger partial charge >= 0.3 is 0 Å². The summed E-state index contributed by atoms with van der Waals surface area (Å²) < 4.78 is 11.1. The molecular formula is C22H26N2O4. The van der Waals surface area contributed by atoms with E-state index in [0.717, 1.165) is 63.2 Å². The van der Waals surface area contributed by atoms with E-state index in [1.54, 1.807) is 12.1 Å². The van der Waals surface area contributed by atoms with Crippen molar-refractivity contribution < 1.29 is 18.7 Å². The zero-order chi connectivity index (χ0) is 19.3. The van der Waals surface area contributed by atoms with Crippen molar-refractivity contribution in [2.24, 2.45) is 5.92 Å². The van der Waals surface area contributed by atoms with Gasteiger partial charge in [0.25, 0.3) is 11.8 Å². The summed E-state index contributed by atoms with van der Waals surface area (Å²) in [6, 6.07) is 10.9. The van der Waals surface area contributed by atoms with Crippen molar-refractivity contribution in [1.29, 1.82) is 0 Å². The number of nitrogens with zero attached hydrogens (tertiary/aromatic N) is 2. The lowest BCUT2D eigenvalue weighted by Crippen LogP contribution is -2.39. The Bertz CT molecular complexity index is 786. The lowest BCUT2D eigenvalue weighted by Gasteiger charge is -2.31. The zero-order valence-corrected chi connectivity index (χ0v) is 16.0. The minimum Gasteiger partial charge on any atom is -0.493 e. The maximum absolute atomic E-state index is 12.4. The summed E-state index contributed by atoms with van der Waals surface area (Å²) in [7, 11) is 0. The van der Waals surface area contributed by atoms with Crippen LogP contribution in [-0.4, -0.2) is 54.4 Å². The van der Waals surface area contributed by atoms with Gasteiger partial charge in [-0.3, -0.25) is 9.59 Å². The monoisotopic (exact) mass is 382 g/mol. The van der Waals surface area contributed by atoms with Crippen LogP contribution >= 0.6 is 0 Å². The van der Waals surface area contributed by atoms with Crippen LogP contribution < -0.4 is 4.74 Å². The molecule has 0 spiro atoms. The van der Waals surface area contributed by atoms with Crippen LogP contribution in [0.25, 0.3) is 0 Å². The lowest BCUT2D eigenvalue weighted by molar-refractivity contribution is 0.0629. The highest BCUT2D eigenvalue weighted by Crippen LogP contribution is 2.22. The van der Waals surface area contributed by atoms with Crippen LogP contribution in [0.3, 0.4) is 0 Å². The first-order valence-electron chi connectivity index (χ1n) is 10.1. The van der Waals surface area contributed by atoms with E-state index in [9.17, 15) is 9.59 Å². The van der Waals surface area contributed by atoms with E-state index in [-0.39, 0.29) is 11.8 Å². The molecule has 2 fully saturated rings. The van der Waals surface area contributed by atoms with Gasteiger partial charge in [0.2, 0.25) is 0 Å². The summed E-state index contributed by atoms with van der Waals surface area (Å²) in [6.07, 6.45) is 5.55. The fourth-order valence-corrected chi connectivity index (χ4v) is 3.87. The molecule has 0 unspecified atom stereocenters. The molecule has 2 aromatic rings. The van der Waals surface area contributed by atoms with Gasteiger partial charge in [0, 0.05) is 31.7 Å². The van der Waals surface area contributed by atoms with Gasteiger partial charge in [0.1, 0.15) is 5.75 Å². The quantitative estimate of drug-likeness (QED) is 0.795. The van der Waals surface area contributed by atoms with E-state index in [4.69, 9.17) is 9.15 Å². The molecule has 3 heterocycles. The molecule has 1 aromatic carbocycles. The van der Waals surface area contributed by atoms with Gasteiger partial charge in [-0.25, -0.2) is 0 Å². The average molecular weight is 382 g/mol. The zero-order valence-electron chi connectivity index (χ0n) is 16.0. The molecule has 2 aliphatic heterocycles. The van der Waals surface area contributed by atoms with Crippen LogP contribution in [0, 0.1) is 5.92 Å². The number of piperidine rings is 1. The van der Waals surface area contributed by atoms with Crippen LogP contribution in [0.2, 0.25) is 0 Å². The average Bonchev–Trinajstić information content (AvgIpc) is 3.46. The second kappa shape index (κ2) is 8.50. The molecule has 4 rings (SSSR count). The smallest absolute Gasteiger partial charge is 0.289 e. The number of ether oxygens (including phenoxy) is 1. The largest absolute Gasteiger partial charge is 0.493 e. The highest BCUT2D eigenvalue weighted by atomic mass is 16.5. The van der Waals surface area contributed by atoms with Gasteiger partial charge in [-0.1, -0.05) is 0 Å². The fourth-order valence-electron chi connectivity index (χ4n) is 3.87. The van der Waals surface area contributed by atoms with Crippen molar-refractivity contribution in [2.75, 3.05) is 32.8 Å². The van der Waals surface area contributed by atoms with E-state index in [2.05, 4.69) is 0 Å². The number of rotatable bonds is 5. The van der Waals surface area contributed by atoms with Crippen molar-refractivity contribution in [2.45, 2.75) is 25.7 Å². The third-order valence-electron chi connectivity index (χ3n) is 5.61. The third kappa shape index (κ3) is 4.21. The molecule has 2 aliphatic rings. The molecule has 0 saturated carbocycles. The molecule has 0 N–H and O–H groups in total. The van der Waals surface area contributed by atoms with Gasteiger partial charge in [0.05, 0.1) is 12.9 Å². The first kappa shape index (κ1) is 18.6. The first-order valence-corrected chi connectivity index (χ1v) is 10.1. The Morgan fingerprint density at radius 2 is 1.61 bits per heavy atom. The van der Waals surface area contributed by atoms with Crippen LogP contribution in [-0.2, 0) is 0 Å². The van der Waals surface area contributed by atoms with E-state index < -0.39 is 0 Å². The Balaban J connectivity index is 1.23. The summed E-state index contributed by atoms with van der Waals surface area (Å²) in [4.78, 5) is 28.4. The summed E-state index contributed by atoms with van der Waals surface area (Å²) in [5.41, 5.74) is 0.721. The van der Waals surface area contributed by atoms with Crippen molar-refractivity contribution >= 4 is 11.8 Å². The lowest BCUT2D eigenvalue weighted by atomic mass is 9.97. The Hall–Kier alpha value is -2.76. The number of carbonyl (C=O) groups is 2. The first-order chi connectivity index (χ1) is 13.7. The number of carbonyl (C=O) groups excluding carboxylic acids is 2. The van der Waals surface area contributed by atoms with Gasteiger partial charge in [-0.15, -0.1) is 0 Å². The van der Waals surface area contributed by atoms with Crippen molar-refractivity contribution in [3.05, 3.63) is 54.0 Å². The number of likely N-dealkylation sites (tertiary alicyclic amines) is 2. The molecule has 6 nitrogen and oxygen atoms in total. The predicted octanol–water partition coefficient (Wildman–Crippen LogP) is 3.45. The Morgan fingerprint density at radius 3 is 2.25 bits per heavy atom. The van der Waals surface area contributed by atoms with Crippen molar-refractivity contribution in [3.8, 4) is 5.75 Å². The molecule has 0 radical (unpaired) electrons. The Labute approximate surface area is 165 Å². The summed E-state index contributed by atoms with van der Waals surface area (Å²) >= 11 is 0. The standard InChI is InChI=1S/C22H26N2O4/c25-21(23-11-1-2-12-23)18-5-7-19(8-6-18)28-16-17-9-13-24(14-10-17)22(26)20-4-3-15-27-20/h3-8,15,17H,1-2,9-14,16H2. The number of amides is 2. The summed E-state index contributed by atoms with van der Waals surface area (Å²) in [5, 5.41) is 0. The summed E-state index contributed by atoms with van der Waals surface area (Å²) in [5.74, 6) is 1.68. The minimum absolute atomic E-state index is 0.0392. The highest BCUT2D eigenvalue weighted by molar-refractivity contribution is 5.94. The van der Waals surface area contributed by atoms with Crippen LogP contribution in [0.15, 0.2) is 47.1 Å². The maximum Gasteiger partial charge on any atom is 0.289 e. The van der Waals surface area contributed by atoms with Gasteiger partial charge < -0.3 is 19.0 Å². The summed E-state index contributed by atoms with van der Waals surface area (Å²) in [6.45, 7) is 3.78. The fraction of sp³-hybridized carbons (Fsp3) is 0.455. The molecule has 2 saturated heterocycles. The van der Waals surface area contributed by atoms with Crippen LogP contribution in [0.4, 0.5) is 0 Å². The Morgan fingerprint density at radius 1 is 0.929 bits per heavy atom. The van der Waals surface area contributed by atoms with E-state index in [0.29, 0.717) is 18.3 Å².